The maximum atomic E-state index is 13.0. The van der Waals surface area contributed by atoms with Gasteiger partial charge in [-0.1, -0.05) is 11.3 Å². The largest absolute Gasteiger partial charge is 0.470 e. The van der Waals surface area contributed by atoms with Crippen LogP contribution in [0.2, 0.25) is 0 Å². The molecule has 0 fully saturated rings. The molecule has 2 aliphatic rings. The van der Waals surface area contributed by atoms with E-state index in [2.05, 4.69) is 20.7 Å². The lowest BCUT2D eigenvalue weighted by atomic mass is 10.1. The Bertz CT molecular complexity index is 1680. The van der Waals surface area contributed by atoms with E-state index in [1.165, 1.54) is 0 Å². The van der Waals surface area contributed by atoms with E-state index >= 15 is 0 Å². The van der Waals surface area contributed by atoms with Gasteiger partial charge in [-0.05, 0) is 53.7 Å². The normalized spacial score (nSPS) is 13.7. The van der Waals surface area contributed by atoms with Crippen molar-refractivity contribution in [3.8, 4) is 0 Å². The monoisotopic (exact) mass is 768 g/mol. The van der Waals surface area contributed by atoms with Crippen LogP contribution >= 0.6 is 15.9 Å². The van der Waals surface area contributed by atoms with Crippen LogP contribution in [0, 0.1) is 0 Å². The topological polar surface area (TPSA) is 157 Å². The Morgan fingerprint density at radius 1 is 0.809 bits per heavy atom. The highest BCUT2D eigenvalue weighted by atomic mass is 79.9. The van der Waals surface area contributed by atoms with Gasteiger partial charge < -0.3 is 23.3 Å². The molecule has 12 nitrogen and oxygen atoms in total. The molecule has 0 saturated carbocycles. The smallest absolute Gasteiger partial charge is 0.464 e. The number of hydrogen-bond acceptors (Lipinski definition) is 10. The fourth-order valence-electron chi connectivity index (χ4n) is 4.72. The summed E-state index contributed by atoms with van der Waals surface area (Å²) in [4.78, 5) is 56.7. The first-order valence-corrected chi connectivity index (χ1v) is 15.2. The van der Waals surface area contributed by atoms with Crippen LogP contribution in [0.4, 0.5) is 25.8 Å². The lowest BCUT2D eigenvalue weighted by Crippen LogP contribution is -2.36. The number of fused-ring (bicyclic) bond motifs is 2. The summed E-state index contributed by atoms with van der Waals surface area (Å²) in [6.07, 6.45) is -3.42. The number of alkyl halides is 5. The first kappa shape index (κ1) is 41.3. The van der Waals surface area contributed by atoms with Gasteiger partial charge >= 0.3 is 39.6 Å². The molecule has 0 radical (unpaired) electrons. The van der Waals surface area contributed by atoms with Crippen LogP contribution in [0.15, 0.2) is 4.60 Å². The number of carbonyl (C=O) groups excluding carboxylic acids is 5. The van der Waals surface area contributed by atoms with Crippen molar-refractivity contribution >= 4 is 55.6 Å². The number of rotatable bonds is 6. The molecule has 0 amide bonds. The summed E-state index contributed by atoms with van der Waals surface area (Å²) in [7, 11) is -2.83. The van der Waals surface area contributed by atoms with Gasteiger partial charge in [-0.25, -0.2) is 14.4 Å². The van der Waals surface area contributed by atoms with Crippen LogP contribution in [0.5, 0.6) is 0 Å². The Balaban J connectivity index is 0.000000362. The van der Waals surface area contributed by atoms with Crippen molar-refractivity contribution in [1.29, 1.82) is 0 Å². The Morgan fingerprint density at radius 3 is 1.57 bits per heavy atom. The van der Waals surface area contributed by atoms with Crippen molar-refractivity contribution in [2.75, 3.05) is 20.3 Å². The maximum Gasteiger partial charge on any atom is 0.470 e. The Hall–Kier alpha value is -3.68. The van der Waals surface area contributed by atoms with Gasteiger partial charge in [0.2, 0.25) is 0 Å². The second-order valence-corrected chi connectivity index (χ2v) is 11.5. The van der Waals surface area contributed by atoms with Gasteiger partial charge in [-0.15, -0.1) is 0 Å². The van der Waals surface area contributed by atoms with Crippen LogP contribution in [0.25, 0.3) is 0 Å². The summed E-state index contributed by atoms with van der Waals surface area (Å²) in [6, 6.07) is 0. The minimum atomic E-state index is -6.22. The van der Waals surface area contributed by atoms with Gasteiger partial charge in [-0.2, -0.15) is 30.4 Å². The lowest BCUT2D eigenvalue weighted by Gasteiger charge is -2.11. The Labute approximate surface area is 273 Å². The van der Waals surface area contributed by atoms with E-state index in [0.717, 1.165) is 17.2 Å². The third kappa shape index (κ3) is 8.25. The van der Waals surface area contributed by atoms with Gasteiger partial charge in [0.25, 0.3) is 0 Å². The number of Topliss-reactive ketones (excluding diaryl/α,β-unsaturated/α-hetero) is 2. The maximum absolute atomic E-state index is 13.0. The molecule has 264 valence electrons. The highest BCUT2D eigenvalue weighted by Gasteiger charge is 2.55. The van der Waals surface area contributed by atoms with Crippen molar-refractivity contribution in [2.24, 2.45) is 14.1 Å². The van der Waals surface area contributed by atoms with E-state index in [1.807, 2.05) is 0 Å². The average molecular weight is 770 g/mol. The van der Waals surface area contributed by atoms with E-state index < -0.39 is 45.1 Å². The molecule has 47 heavy (non-hydrogen) atoms. The number of carbonyl (C=O) groups is 5. The molecule has 0 spiro atoms. The predicted molar refractivity (Wildman–Crippen MR) is 154 cm³/mol. The second kappa shape index (κ2) is 15.5. The van der Waals surface area contributed by atoms with Gasteiger partial charge in [-0.3, -0.25) is 9.59 Å². The number of hydrogen-bond donors (Lipinski definition) is 0. The predicted octanol–water partition coefficient (Wildman–Crippen LogP) is 5.13. The molecular weight excluding hydrogens is 738 g/mol. The highest BCUT2D eigenvalue weighted by Crippen LogP contribution is 2.40. The molecule has 0 aliphatic heterocycles. The first-order chi connectivity index (χ1) is 21.1. The van der Waals surface area contributed by atoms with Crippen LogP contribution < -0.4 is 0 Å². The molecule has 0 bridgehead atoms. The summed E-state index contributed by atoms with van der Waals surface area (Å²) < 4.78 is 110. The second-order valence-electron chi connectivity index (χ2n) is 9.39. The number of esters is 3. The van der Waals surface area contributed by atoms with Crippen molar-refractivity contribution in [1.82, 2.24) is 9.13 Å². The van der Waals surface area contributed by atoms with Crippen LogP contribution in [-0.4, -0.2) is 72.6 Å². The quantitative estimate of drug-likeness (QED) is 0.167. The molecule has 0 unspecified atom stereocenters. The van der Waals surface area contributed by atoms with Crippen LogP contribution in [0.1, 0.15) is 92.6 Å². The molecule has 0 N–H and O–H groups in total. The van der Waals surface area contributed by atoms with Gasteiger partial charge in [0.05, 0.1) is 36.1 Å². The SMILES string of the molecule is C.CCOC(=O)c1c2c(c(Br)n1C)C(=O)CC2.CCOC(=O)c1c2c(c(C(F)(F)F)n1C)C(=O)CC2.COC(=O)C(F)(F)S(=O)(=O)F. The van der Waals surface area contributed by atoms with Crippen molar-refractivity contribution < 1.29 is 72.4 Å². The third-order valence-corrected chi connectivity index (χ3v) is 8.32. The minimum absolute atomic E-state index is 0. The molecule has 0 saturated heterocycles. The van der Waals surface area contributed by atoms with E-state index in [0.29, 0.717) is 42.4 Å². The van der Waals surface area contributed by atoms with Crippen molar-refractivity contribution in [3.05, 3.63) is 43.9 Å². The molecular formula is C27H31BrF6N2O10S. The molecule has 4 rings (SSSR count). The summed E-state index contributed by atoms with van der Waals surface area (Å²) in [5, 5.41) is -5.11. The van der Waals surface area contributed by atoms with Crippen molar-refractivity contribution in [2.45, 2.75) is 58.4 Å². The lowest BCUT2D eigenvalue weighted by molar-refractivity contribution is -0.157. The number of ether oxygens (including phenoxy) is 3. The molecule has 2 heterocycles. The zero-order valence-corrected chi connectivity index (χ0v) is 27.2. The number of aromatic nitrogens is 2. The third-order valence-electron chi connectivity index (χ3n) is 6.62. The molecule has 0 aromatic carbocycles. The molecule has 20 heteroatoms. The average Bonchev–Trinajstić information content (AvgIpc) is 3.65. The van der Waals surface area contributed by atoms with E-state index in [-0.39, 0.29) is 55.4 Å². The van der Waals surface area contributed by atoms with Crippen LogP contribution in [-0.2, 0) is 62.3 Å². The fraction of sp³-hybridized carbons (Fsp3) is 0.519. The van der Waals surface area contributed by atoms with Gasteiger partial charge in [0, 0.05) is 26.9 Å². The van der Waals surface area contributed by atoms with Crippen molar-refractivity contribution in [3.63, 3.8) is 0 Å². The summed E-state index contributed by atoms with van der Waals surface area (Å²) in [6.45, 7) is 3.73. The number of nitrogens with zero attached hydrogens (tertiary/aromatic N) is 2. The van der Waals surface area contributed by atoms with E-state index in [4.69, 9.17) is 9.47 Å². The number of halogens is 7. The summed E-state index contributed by atoms with van der Waals surface area (Å²) in [5.74, 6) is -4.12. The molecule has 0 atom stereocenters. The standard InChI is InChI=1S/C12H12F3NO3.C11H12BrNO3.C3H3F3O4S.CH4/c1-3-19-11(18)9-6-4-5-7(17)8(6)10(16(9)2)12(13,14)15;1-3-16-11(15)9-6-4-5-7(14)8(6)10(12)13(9)2;1-10-2(7)3(4,5)11(6,8)9;/h3-5H2,1-2H3;3-5H2,1-2H3;1H3;1H4. The zero-order chi connectivity index (χ0) is 35.5. The van der Waals surface area contributed by atoms with Gasteiger partial charge in [0.1, 0.15) is 17.1 Å². The highest BCUT2D eigenvalue weighted by molar-refractivity contribution is 9.10. The fourth-order valence-corrected chi connectivity index (χ4v) is 5.64. The summed E-state index contributed by atoms with van der Waals surface area (Å²) >= 11 is 3.35. The Morgan fingerprint density at radius 2 is 1.21 bits per heavy atom. The molecule has 2 aromatic rings. The number of methoxy groups -OCH3 is 1. The molecule has 2 aliphatic carbocycles. The zero-order valence-electron chi connectivity index (χ0n) is 24.8. The van der Waals surface area contributed by atoms with E-state index in [1.54, 1.807) is 25.5 Å². The first-order valence-electron chi connectivity index (χ1n) is 13.1. The number of ketones is 2. The Kier molecular flexibility index (Phi) is 13.6. The van der Waals surface area contributed by atoms with Gasteiger partial charge in [0.15, 0.2) is 11.6 Å². The summed E-state index contributed by atoms with van der Waals surface area (Å²) in [5.41, 5.74) is 0.498. The van der Waals surface area contributed by atoms with Crippen LogP contribution in [0.3, 0.4) is 0 Å². The minimum Gasteiger partial charge on any atom is -0.464 e. The molecule has 2 aromatic heterocycles. The van der Waals surface area contributed by atoms with E-state index in [9.17, 15) is 58.2 Å².